The van der Waals surface area contributed by atoms with Gasteiger partial charge in [0.25, 0.3) is 0 Å². The van der Waals surface area contributed by atoms with Crippen molar-refractivity contribution in [3.63, 3.8) is 0 Å². The number of ether oxygens (including phenoxy) is 3. The predicted molar refractivity (Wildman–Crippen MR) is 228 cm³/mol. The number of piperidine rings is 3. The molecule has 316 valence electrons. The van der Waals surface area contributed by atoms with E-state index in [4.69, 9.17) is 14.2 Å². The number of hydrogen-bond donors (Lipinski definition) is 3. The molecule has 0 saturated carbocycles. The molecule has 3 saturated heterocycles. The minimum atomic E-state index is -0.302. The van der Waals surface area contributed by atoms with Crippen LogP contribution in [-0.4, -0.2) is 54.2 Å². The summed E-state index contributed by atoms with van der Waals surface area (Å²) in [5.41, 5.74) is 1.64. The monoisotopic (exact) mass is 788 g/mol. The van der Waals surface area contributed by atoms with Gasteiger partial charge in [-0.15, -0.1) is 0 Å². The van der Waals surface area contributed by atoms with E-state index in [1.807, 2.05) is 30.3 Å². The van der Waals surface area contributed by atoms with Crippen LogP contribution in [0.15, 0.2) is 42.5 Å². The maximum Gasteiger partial charge on any atom is 0.314 e. The van der Waals surface area contributed by atoms with Gasteiger partial charge in [-0.2, -0.15) is 0 Å². The standard InChI is InChI=1S/C48H73N3O6/c1-26(2)38-19-34(20-39(49-38)27(3)4)46(52)55-37-16-13-32(14-17-37)33-15-18-44(56-47(53)35-21-40(28(5)6)50-41(22-35)29(7)8)45(25-33)57-48(54)36-23-42(30(9)10)51-43(24-36)31(11)12/h13-18,25-31,34-36,38-43,49-51H,19-24H2,1-12H3. The van der Waals surface area contributed by atoms with Crippen LogP contribution >= 0.6 is 0 Å². The Kier molecular flexibility index (Phi) is 15.5. The highest BCUT2D eigenvalue weighted by Gasteiger charge is 2.39. The smallest absolute Gasteiger partial charge is 0.314 e. The third-order valence-corrected chi connectivity index (χ3v) is 13.1. The fourth-order valence-electron chi connectivity index (χ4n) is 8.88. The number of benzene rings is 2. The number of carbonyl (C=O) groups is 3. The van der Waals surface area contributed by atoms with E-state index in [1.54, 1.807) is 12.1 Å². The van der Waals surface area contributed by atoms with Crippen LogP contribution in [0.4, 0.5) is 0 Å². The van der Waals surface area contributed by atoms with Gasteiger partial charge in [-0.05, 0) is 109 Å². The topological polar surface area (TPSA) is 115 Å². The van der Waals surface area contributed by atoms with Crippen LogP contribution in [0.3, 0.4) is 0 Å². The number of esters is 3. The van der Waals surface area contributed by atoms with Gasteiger partial charge in [0.05, 0.1) is 17.8 Å². The van der Waals surface area contributed by atoms with Crippen molar-refractivity contribution in [2.24, 2.45) is 53.3 Å². The maximum atomic E-state index is 14.1. The fourth-order valence-corrected chi connectivity index (χ4v) is 8.88. The summed E-state index contributed by atoms with van der Waals surface area (Å²) >= 11 is 0. The molecule has 2 aromatic rings. The molecule has 0 spiro atoms. The minimum Gasteiger partial charge on any atom is -0.426 e. The van der Waals surface area contributed by atoms with Crippen LogP contribution in [0, 0.1) is 53.3 Å². The number of rotatable bonds is 13. The van der Waals surface area contributed by atoms with Gasteiger partial charge in [-0.3, -0.25) is 14.4 Å². The van der Waals surface area contributed by atoms with E-state index in [2.05, 4.69) is 99.0 Å². The van der Waals surface area contributed by atoms with Gasteiger partial charge in [0, 0.05) is 36.3 Å². The third kappa shape index (κ3) is 11.7. The van der Waals surface area contributed by atoms with Crippen LogP contribution < -0.4 is 30.2 Å². The summed E-state index contributed by atoms with van der Waals surface area (Å²) in [6.45, 7) is 26.2. The Bertz CT molecular complexity index is 1600. The lowest BCUT2D eigenvalue weighted by Gasteiger charge is -2.39. The van der Waals surface area contributed by atoms with Crippen LogP contribution in [0.25, 0.3) is 11.1 Å². The summed E-state index contributed by atoms with van der Waals surface area (Å²) in [5, 5.41) is 11.3. The second-order valence-corrected chi connectivity index (χ2v) is 19.6. The van der Waals surface area contributed by atoms with Gasteiger partial charge in [0.15, 0.2) is 11.5 Å². The molecule has 6 unspecified atom stereocenters. The van der Waals surface area contributed by atoms with Crippen LogP contribution in [0.1, 0.15) is 122 Å². The summed E-state index contributed by atoms with van der Waals surface area (Å²) < 4.78 is 18.4. The molecule has 3 fully saturated rings. The predicted octanol–water partition coefficient (Wildman–Crippen LogP) is 9.22. The molecular formula is C48H73N3O6. The summed E-state index contributed by atoms with van der Waals surface area (Å²) in [7, 11) is 0. The molecule has 0 bridgehead atoms. The van der Waals surface area contributed by atoms with Crippen molar-refractivity contribution in [2.45, 2.75) is 158 Å². The molecule has 9 heteroatoms. The van der Waals surface area contributed by atoms with Gasteiger partial charge in [0.1, 0.15) is 5.75 Å². The normalized spacial score (nSPS) is 28.4. The zero-order valence-electron chi connectivity index (χ0n) is 36.9. The van der Waals surface area contributed by atoms with Crippen LogP contribution in [0.5, 0.6) is 17.2 Å². The first-order valence-corrected chi connectivity index (χ1v) is 22.1. The van der Waals surface area contributed by atoms with Crippen molar-refractivity contribution in [1.29, 1.82) is 0 Å². The molecule has 6 atom stereocenters. The Morgan fingerprint density at radius 1 is 0.421 bits per heavy atom. The second kappa shape index (κ2) is 19.7. The molecule has 0 aliphatic carbocycles. The van der Waals surface area contributed by atoms with E-state index >= 15 is 0 Å². The lowest BCUT2D eigenvalue weighted by Crippen LogP contribution is -2.52. The van der Waals surface area contributed by atoms with Crippen molar-refractivity contribution in [3.8, 4) is 28.4 Å². The van der Waals surface area contributed by atoms with Gasteiger partial charge in [0.2, 0.25) is 0 Å². The maximum absolute atomic E-state index is 14.1. The molecule has 0 amide bonds. The highest BCUT2D eigenvalue weighted by atomic mass is 16.6. The lowest BCUT2D eigenvalue weighted by atomic mass is 9.80. The number of carbonyl (C=O) groups excluding carboxylic acids is 3. The van der Waals surface area contributed by atoms with Crippen LogP contribution in [-0.2, 0) is 14.4 Å². The van der Waals surface area contributed by atoms with E-state index in [-0.39, 0.29) is 83.4 Å². The molecule has 0 aromatic heterocycles. The molecule has 3 heterocycles. The van der Waals surface area contributed by atoms with Crippen molar-refractivity contribution in [1.82, 2.24) is 16.0 Å². The zero-order chi connectivity index (χ0) is 41.7. The van der Waals surface area contributed by atoms with Crippen molar-refractivity contribution in [2.75, 3.05) is 0 Å². The van der Waals surface area contributed by atoms with Gasteiger partial charge < -0.3 is 30.2 Å². The summed E-state index contributed by atoms with van der Waals surface area (Å²) in [6, 6.07) is 14.2. The van der Waals surface area contributed by atoms with Crippen LogP contribution in [0.2, 0.25) is 0 Å². The highest BCUT2D eigenvalue weighted by Crippen LogP contribution is 2.38. The zero-order valence-corrected chi connectivity index (χ0v) is 36.9. The first kappa shape index (κ1) is 44.8. The van der Waals surface area contributed by atoms with Gasteiger partial charge in [-0.1, -0.05) is 101 Å². The van der Waals surface area contributed by atoms with E-state index in [0.717, 1.165) is 24.0 Å². The Labute approximate surface area is 343 Å². The molecule has 5 rings (SSSR count). The minimum absolute atomic E-state index is 0.165. The Balaban J connectivity index is 1.38. The largest absolute Gasteiger partial charge is 0.426 e. The van der Waals surface area contributed by atoms with Crippen molar-refractivity contribution >= 4 is 17.9 Å². The Morgan fingerprint density at radius 2 is 0.719 bits per heavy atom. The first-order chi connectivity index (χ1) is 26.9. The van der Waals surface area contributed by atoms with E-state index in [0.29, 0.717) is 66.9 Å². The summed E-state index contributed by atoms with van der Waals surface area (Å²) in [6.07, 6.45) is 4.28. The summed E-state index contributed by atoms with van der Waals surface area (Å²) in [5.74, 6) is 1.80. The van der Waals surface area contributed by atoms with E-state index in [1.165, 1.54) is 0 Å². The molecule has 57 heavy (non-hydrogen) atoms. The third-order valence-electron chi connectivity index (χ3n) is 13.1. The molecule has 3 N–H and O–H groups in total. The lowest BCUT2D eigenvalue weighted by molar-refractivity contribution is -0.143. The second-order valence-electron chi connectivity index (χ2n) is 19.6. The van der Waals surface area contributed by atoms with Crippen molar-refractivity contribution < 1.29 is 28.6 Å². The SMILES string of the molecule is CC(C)C1CC(C(=O)Oc2ccc(-c3ccc(OC(=O)C4CC(C(C)C)NC(C(C)C)C4)c(OC(=O)C4CC(C(C)C)NC(C(C)C)C4)c3)cc2)CC(C(C)C)N1. The average molecular weight is 788 g/mol. The molecule has 0 radical (unpaired) electrons. The van der Waals surface area contributed by atoms with Gasteiger partial charge in [-0.25, -0.2) is 0 Å². The molecule has 3 aliphatic heterocycles. The van der Waals surface area contributed by atoms with E-state index in [9.17, 15) is 14.4 Å². The highest BCUT2D eigenvalue weighted by molar-refractivity contribution is 5.81. The fraction of sp³-hybridized carbons (Fsp3) is 0.688. The Hall–Kier alpha value is -3.27. The molecule has 2 aromatic carbocycles. The number of nitrogens with one attached hydrogen (secondary N) is 3. The van der Waals surface area contributed by atoms with E-state index < -0.39 is 0 Å². The summed E-state index contributed by atoms with van der Waals surface area (Å²) in [4.78, 5) is 41.4. The van der Waals surface area contributed by atoms with Crippen molar-refractivity contribution in [3.05, 3.63) is 42.5 Å². The Morgan fingerprint density at radius 3 is 1.05 bits per heavy atom. The number of hydrogen-bond acceptors (Lipinski definition) is 9. The first-order valence-electron chi connectivity index (χ1n) is 22.1. The quantitative estimate of drug-likeness (QED) is 0.135. The molecule has 3 aliphatic rings. The molecule has 9 nitrogen and oxygen atoms in total. The van der Waals surface area contributed by atoms with Gasteiger partial charge >= 0.3 is 17.9 Å². The molecular weight excluding hydrogens is 715 g/mol. The average Bonchev–Trinajstić information content (AvgIpc) is 3.17.